The number of aromatic nitrogens is 1. The molecule has 4 aliphatic rings. The molecule has 0 radical (unpaired) electrons. The highest BCUT2D eigenvalue weighted by atomic mass is 32.2. The van der Waals surface area contributed by atoms with Crippen molar-refractivity contribution in [2.45, 2.75) is 43.1 Å². The van der Waals surface area contributed by atoms with Crippen LogP contribution in [-0.2, 0) is 28.8 Å². The third kappa shape index (κ3) is 5.34. The quantitative estimate of drug-likeness (QED) is 0.133. The molecule has 3 aliphatic heterocycles. The number of anilines is 1. The molecule has 39 heavy (non-hydrogen) atoms. The molecule has 0 unspecified atom stereocenters. The van der Waals surface area contributed by atoms with Crippen molar-refractivity contribution in [2.24, 2.45) is 5.16 Å². The van der Waals surface area contributed by atoms with Crippen molar-refractivity contribution in [3.05, 3.63) is 34.0 Å². The zero-order valence-electron chi connectivity index (χ0n) is 20.4. The summed E-state index contributed by atoms with van der Waals surface area (Å²) >= 11 is 2.28. The number of carbonyl (C=O) groups is 5. The topological polar surface area (TPSA) is 205 Å². The van der Waals surface area contributed by atoms with Crippen molar-refractivity contribution in [3.8, 4) is 0 Å². The Morgan fingerprint density at radius 1 is 1.28 bits per heavy atom. The van der Waals surface area contributed by atoms with Crippen molar-refractivity contribution in [1.29, 1.82) is 0 Å². The number of rotatable bonds is 9. The van der Waals surface area contributed by atoms with E-state index in [0.717, 1.165) is 35.5 Å². The van der Waals surface area contributed by atoms with Crippen LogP contribution < -0.4 is 11.1 Å². The van der Waals surface area contributed by atoms with Crippen LogP contribution in [0.1, 0.15) is 31.4 Å². The molecule has 16 heteroatoms. The van der Waals surface area contributed by atoms with Gasteiger partial charge in [0.2, 0.25) is 12.5 Å². The van der Waals surface area contributed by atoms with Crippen molar-refractivity contribution < 1.29 is 39.0 Å². The maximum absolute atomic E-state index is 13.1. The number of carboxylic acid groups (broad SMARTS) is 2. The number of nitrogens with zero attached hydrogens (tertiary/aromatic N) is 4. The molecule has 2 saturated heterocycles. The lowest BCUT2D eigenvalue weighted by atomic mass is 9.98. The summed E-state index contributed by atoms with van der Waals surface area (Å²) < 4.78 is 0. The van der Waals surface area contributed by atoms with Gasteiger partial charge in [-0.15, -0.1) is 23.1 Å². The summed E-state index contributed by atoms with van der Waals surface area (Å²) in [5.74, 6) is -4.01. The minimum absolute atomic E-state index is 0.0257. The number of nitrogens with one attached hydrogen (secondary N) is 1. The number of allylic oxidation sites excluding steroid dienone is 1. The van der Waals surface area contributed by atoms with Gasteiger partial charge in [0.25, 0.3) is 11.8 Å². The smallest absolute Gasteiger partial charge is 0.352 e. The Hall–Kier alpha value is -3.92. The number of carbonyl (C=O) groups excluding carboxylic acids is 3. The van der Waals surface area contributed by atoms with Gasteiger partial charge in [0.15, 0.2) is 10.8 Å². The van der Waals surface area contributed by atoms with Crippen LogP contribution in [0.5, 0.6) is 0 Å². The minimum atomic E-state index is -1.31. The number of piperidine rings is 1. The van der Waals surface area contributed by atoms with Gasteiger partial charge in [-0.2, -0.15) is 0 Å². The summed E-state index contributed by atoms with van der Waals surface area (Å²) in [7, 11) is 0. The maximum atomic E-state index is 13.1. The van der Waals surface area contributed by atoms with Crippen molar-refractivity contribution in [3.63, 3.8) is 0 Å². The number of oxime groups is 1. The number of likely N-dealkylation sites (tertiary alicyclic amines) is 1. The lowest BCUT2D eigenvalue weighted by molar-refractivity contribution is -0.150. The number of hydrogen-bond acceptors (Lipinski definition) is 11. The second-order valence-corrected chi connectivity index (χ2v) is 11.2. The van der Waals surface area contributed by atoms with E-state index in [1.807, 2.05) is 4.90 Å². The highest BCUT2D eigenvalue weighted by Gasteiger charge is 2.54. The van der Waals surface area contributed by atoms with Gasteiger partial charge in [0, 0.05) is 29.3 Å². The van der Waals surface area contributed by atoms with Gasteiger partial charge in [-0.1, -0.05) is 5.16 Å². The van der Waals surface area contributed by atoms with E-state index in [1.54, 1.807) is 6.08 Å². The van der Waals surface area contributed by atoms with E-state index in [-0.39, 0.29) is 39.9 Å². The SMILES string of the molecule is Nc1nc(/C(=N/OCC(=O)O)C(=O)N[C@@H]2C(=O)N3C(C(=O)O)=C(/C=C4\CCCN(C5CC5)C4=O)CS[C@H]23)cs1. The molecule has 0 spiro atoms. The van der Waals surface area contributed by atoms with Crippen LogP contribution in [0.4, 0.5) is 5.13 Å². The van der Waals surface area contributed by atoms with Crippen LogP contribution >= 0.6 is 23.1 Å². The van der Waals surface area contributed by atoms with Crippen LogP contribution in [0, 0.1) is 0 Å². The van der Waals surface area contributed by atoms with Crippen molar-refractivity contribution in [1.82, 2.24) is 20.1 Å². The molecule has 206 valence electrons. The first-order valence-electron chi connectivity index (χ1n) is 12.0. The molecule has 1 aliphatic carbocycles. The lowest BCUT2D eigenvalue weighted by Gasteiger charge is -2.49. The van der Waals surface area contributed by atoms with Crippen LogP contribution in [0.3, 0.4) is 0 Å². The third-order valence-electron chi connectivity index (χ3n) is 6.53. The maximum Gasteiger partial charge on any atom is 0.352 e. The highest BCUT2D eigenvalue weighted by Crippen LogP contribution is 2.41. The van der Waals surface area contributed by atoms with Gasteiger partial charge in [0.05, 0.1) is 0 Å². The molecule has 3 fully saturated rings. The predicted molar refractivity (Wildman–Crippen MR) is 138 cm³/mol. The van der Waals surface area contributed by atoms with E-state index in [1.165, 1.54) is 17.1 Å². The average Bonchev–Trinajstić information content (AvgIpc) is 3.65. The first-order valence-corrected chi connectivity index (χ1v) is 13.9. The van der Waals surface area contributed by atoms with Gasteiger partial charge in [0.1, 0.15) is 22.8 Å². The fourth-order valence-electron chi connectivity index (χ4n) is 4.63. The largest absolute Gasteiger partial charge is 0.479 e. The predicted octanol–water partition coefficient (Wildman–Crippen LogP) is -0.0196. The van der Waals surface area contributed by atoms with E-state index in [0.29, 0.717) is 24.1 Å². The number of amides is 3. The van der Waals surface area contributed by atoms with E-state index < -0.39 is 41.8 Å². The number of thioether (sulfide) groups is 1. The molecule has 0 bridgehead atoms. The average molecular weight is 577 g/mol. The number of aliphatic carboxylic acids is 2. The molecule has 2 atom stereocenters. The molecule has 1 aromatic rings. The summed E-state index contributed by atoms with van der Waals surface area (Å²) in [6.45, 7) is -0.119. The van der Waals surface area contributed by atoms with Gasteiger partial charge in [-0.3, -0.25) is 19.3 Å². The summed E-state index contributed by atoms with van der Waals surface area (Å²) in [5.41, 5.74) is 5.95. The van der Waals surface area contributed by atoms with E-state index in [9.17, 15) is 29.1 Å². The van der Waals surface area contributed by atoms with Crippen molar-refractivity contribution >= 4 is 63.6 Å². The zero-order valence-corrected chi connectivity index (χ0v) is 22.0. The normalized spacial score (nSPS) is 24.4. The second-order valence-electron chi connectivity index (χ2n) is 9.22. The Morgan fingerprint density at radius 3 is 2.69 bits per heavy atom. The summed E-state index contributed by atoms with van der Waals surface area (Å²) in [4.78, 5) is 73.7. The summed E-state index contributed by atoms with van der Waals surface area (Å²) in [6, 6.07) is -0.822. The molecule has 1 saturated carbocycles. The molecular weight excluding hydrogens is 552 g/mol. The summed E-state index contributed by atoms with van der Waals surface area (Å²) in [5, 5.41) is 25.7. The number of fused-ring (bicyclic) bond motifs is 1. The zero-order chi connectivity index (χ0) is 27.8. The first-order chi connectivity index (χ1) is 18.7. The Morgan fingerprint density at radius 2 is 2.05 bits per heavy atom. The van der Waals surface area contributed by atoms with Crippen LogP contribution in [0.15, 0.2) is 33.5 Å². The van der Waals surface area contributed by atoms with E-state index >= 15 is 0 Å². The first kappa shape index (κ1) is 26.7. The number of thiazole rings is 1. The number of β-lactam (4-membered cyclic amide) rings is 1. The number of carboxylic acids is 2. The van der Waals surface area contributed by atoms with Crippen molar-refractivity contribution in [2.75, 3.05) is 24.6 Å². The standard InChI is InChI=1S/C23H24N6O8S2/c24-23-25-13(9-39-23)15(27-37-7-14(30)31)18(32)26-16-20(34)29-17(22(35)36)11(8-38-21(16)29)6-10-2-1-5-28(19(10)33)12-3-4-12/h6,9,12,16,21H,1-5,7-8H2,(H2,24,25)(H,26,32)(H,30,31)(H,35,36)/b10-6+,27-15-/t16-,21-/m1/s1. The second kappa shape index (κ2) is 10.7. The molecule has 4 heterocycles. The van der Waals surface area contributed by atoms with E-state index in [2.05, 4.69) is 15.5 Å². The molecule has 14 nitrogen and oxygen atoms in total. The molecule has 1 aromatic heterocycles. The molecular formula is C23H24N6O8S2. The lowest BCUT2D eigenvalue weighted by Crippen LogP contribution is -2.71. The van der Waals surface area contributed by atoms with Gasteiger partial charge < -0.3 is 31.0 Å². The highest BCUT2D eigenvalue weighted by molar-refractivity contribution is 8.00. The number of nitrogens with two attached hydrogens (primary N) is 1. The van der Waals surface area contributed by atoms with Gasteiger partial charge >= 0.3 is 11.9 Å². The molecule has 5 N–H and O–H groups in total. The van der Waals surface area contributed by atoms with Crippen LogP contribution in [0.25, 0.3) is 0 Å². The third-order valence-corrected chi connectivity index (χ3v) is 8.50. The number of hydrogen-bond donors (Lipinski definition) is 4. The fourth-order valence-corrected chi connectivity index (χ4v) is 6.48. The van der Waals surface area contributed by atoms with Gasteiger partial charge in [-0.05, 0) is 37.3 Å². The molecule has 5 rings (SSSR count). The Kier molecular flexibility index (Phi) is 7.31. The Bertz CT molecular complexity index is 1350. The Labute approximate surface area is 229 Å². The molecule has 0 aromatic carbocycles. The monoisotopic (exact) mass is 576 g/mol. The van der Waals surface area contributed by atoms with Gasteiger partial charge in [-0.25, -0.2) is 14.6 Å². The molecule has 3 amide bonds. The Balaban J connectivity index is 1.34. The fraction of sp³-hybridized carbons (Fsp3) is 0.435. The summed E-state index contributed by atoms with van der Waals surface area (Å²) in [6.07, 6.45) is 4.87. The number of nitrogen functional groups attached to an aromatic ring is 1. The van der Waals surface area contributed by atoms with Crippen LogP contribution in [-0.4, -0.2) is 96.7 Å². The van der Waals surface area contributed by atoms with E-state index in [4.69, 9.17) is 15.7 Å². The minimum Gasteiger partial charge on any atom is -0.479 e. The van der Waals surface area contributed by atoms with Crippen LogP contribution in [0.2, 0.25) is 0 Å².